The van der Waals surface area contributed by atoms with Gasteiger partial charge in [0.05, 0.1) is 17.3 Å². The van der Waals surface area contributed by atoms with Crippen molar-refractivity contribution < 1.29 is 14.3 Å². The van der Waals surface area contributed by atoms with Crippen molar-refractivity contribution in [2.45, 2.75) is 6.54 Å². The van der Waals surface area contributed by atoms with Crippen LogP contribution in [0.3, 0.4) is 0 Å². The zero-order valence-corrected chi connectivity index (χ0v) is 14.3. The Morgan fingerprint density at radius 3 is 2.86 bits per heavy atom. The van der Waals surface area contributed by atoms with Crippen molar-refractivity contribution in [1.82, 2.24) is 5.32 Å². The second-order valence-corrected chi connectivity index (χ2v) is 6.03. The van der Waals surface area contributed by atoms with E-state index in [-0.39, 0.29) is 17.9 Å². The summed E-state index contributed by atoms with van der Waals surface area (Å²) in [5.41, 5.74) is 0.234. The summed E-state index contributed by atoms with van der Waals surface area (Å²) < 4.78 is 6.26. The maximum Gasteiger partial charge on any atom is 0.262 e. The molecule has 0 aliphatic rings. The largest absolute Gasteiger partial charge is 0.506 e. The van der Waals surface area contributed by atoms with Crippen molar-refractivity contribution in [2.24, 2.45) is 0 Å². The number of carbonyl (C=O) groups excluding carboxylic acids is 1. The van der Waals surface area contributed by atoms with Crippen molar-refractivity contribution in [1.29, 1.82) is 5.26 Å². The first-order valence-electron chi connectivity index (χ1n) is 6.11. The second kappa shape index (κ2) is 7.29. The number of rotatable bonds is 4. The highest BCUT2D eigenvalue weighted by Gasteiger charge is 2.12. The van der Waals surface area contributed by atoms with Gasteiger partial charge in [-0.2, -0.15) is 5.26 Å². The highest BCUT2D eigenvalue weighted by atomic mass is 79.9. The molecular formula is C15H10Br2N2O3. The molecule has 2 N–H and O–H groups in total. The molecular weight excluding hydrogens is 416 g/mol. The highest BCUT2D eigenvalue weighted by molar-refractivity contribution is 9.11. The molecule has 1 heterocycles. The molecule has 0 bridgehead atoms. The van der Waals surface area contributed by atoms with Crippen molar-refractivity contribution in [3.05, 3.63) is 56.4 Å². The van der Waals surface area contributed by atoms with E-state index in [9.17, 15) is 9.90 Å². The third-order valence-corrected chi connectivity index (χ3v) is 3.79. The number of halogens is 2. The van der Waals surface area contributed by atoms with E-state index in [1.807, 2.05) is 6.07 Å². The van der Waals surface area contributed by atoms with E-state index < -0.39 is 5.91 Å². The summed E-state index contributed by atoms with van der Waals surface area (Å²) in [6.07, 6.45) is 2.82. The summed E-state index contributed by atoms with van der Waals surface area (Å²) >= 11 is 6.48. The minimum atomic E-state index is -0.547. The van der Waals surface area contributed by atoms with Gasteiger partial charge in [-0.25, -0.2) is 0 Å². The van der Waals surface area contributed by atoms with E-state index in [1.54, 1.807) is 24.3 Å². The summed E-state index contributed by atoms with van der Waals surface area (Å²) in [7, 11) is 0. The maximum absolute atomic E-state index is 12.0. The minimum Gasteiger partial charge on any atom is -0.506 e. The summed E-state index contributed by atoms with van der Waals surface area (Å²) in [6.45, 7) is 0.180. The number of nitrogens with one attached hydrogen (secondary N) is 1. The van der Waals surface area contributed by atoms with Gasteiger partial charge in [0.1, 0.15) is 23.2 Å². The summed E-state index contributed by atoms with van der Waals surface area (Å²) in [4.78, 5) is 12.0. The lowest BCUT2D eigenvalue weighted by Gasteiger charge is -2.05. The predicted molar refractivity (Wildman–Crippen MR) is 87.7 cm³/mol. The first-order valence-corrected chi connectivity index (χ1v) is 7.70. The molecule has 1 amide bonds. The number of hydrogen-bond donors (Lipinski definition) is 2. The molecule has 0 unspecified atom stereocenters. The number of amides is 1. The molecule has 0 spiro atoms. The Bertz CT molecular complexity index is 762. The van der Waals surface area contributed by atoms with Crippen LogP contribution in [-0.4, -0.2) is 11.0 Å². The van der Waals surface area contributed by atoms with E-state index in [1.165, 1.54) is 12.3 Å². The van der Waals surface area contributed by atoms with Crippen LogP contribution in [-0.2, 0) is 11.3 Å². The van der Waals surface area contributed by atoms with Crippen LogP contribution >= 0.6 is 31.9 Å². The molecule has 5 nitrogen and oxygen atoms in total. The summed E-state index contributed by atoms with van der Waals surface area (Å²) in [5, 5.41) is 21.7. The number of nitriles is 1. The molecule has 0 aliphatic heterocycles. The molecule has 112 valence electrons. The average Bonchev–Trinajstić information content (AvgIpc) is 3.00. The number of furan rings is 1. The Labute approximate surface area is 143 Å². The Hall–Kier alpha value is -2.04. The Morgan fingerprint density at radius 1 is 1.45 bits per heavy atom. The molecule has 2 aromatic rings. The van der Waals surface area contributed by atoms with Crippen molar-refractivity contribution in [2.75, 3.05) is 0 Å². The third kappa shape index (κ3) is 4.00. The van der Waals surface area contributed by atoms with E-state index in [0.29, 0.717) is 20.3 Å². The van der Waals surface area contributed by atoms with Gasteiger partial charge in [-0.1, -0.05) is 15.9 Å². The van der Waals surface area contributed by atoms with Crippen LogP contribution in [0.2, 0.25) is 0 Å². The van der Waals surface area contributed by atoms with Gasteiger partial charge in [0.2, 0.25) is 0 Å². The molecule has 22 heavy (non-hydrogen) atoms. The average molecular weight is 426 g/mol. The number of aromatic hydroxyl groups is 1. The fourth-order valence-electron chi connectivity index (χ4n) is 1.68. The number of nitrogens with zero attached hydrogens (tertiary/aromatic N) is 1. The molecule has 1 aromatic heterocycles. The van der Waals surface area contributed by atoms with Crippen LogP contribution in [0.25, 0.3) is 6.08 Å². The summed E-state index contributed by atoms with van der Waals surface area (Å²) in [5.74, 6) is -0.0112. The monoisotopic (exact) mass is 424 g/mol. The topological polar surface area (TPSA) is 86.3 Å². The first-order chi connectivity index (χ1) is 10.5. The van der Waals surface area contributed by atoms with Crippen LogP contribution in [0.4, 0.5) is 0 Å². The van der Waals surface area contributed by atoms with Crippen LogP contribution in [0.5, 0.6) is 5.75 Å². The maximum atomic E-state index is 12.0. The van der Waals surface area contributed by atoms with Crippen molar-refractivity contribution in [3.63, 3.8) is 0 Å². The Morgan fingerprint density at radius 2 is 2.23 bits per heavy atom. The zero-order valence-electron chi connectivity index (χ0n) is 11.1. The number of hydrogen-bond acceptors (Lipinski definition) is 4. The Balaban J connectivity index is 2.20. The number of carbonyl (C=O) groups is 1. The molecule has 0 atom stereocenters. The first kappa shape index (κ1) is 16.3. The molecule has 2 rings (SSSR count). The fraction of sp³-hybridized carbons (Fsp3) is 0.0667. The predicted octanol–water partition coefficient (Wildman–Crippen LogP) is 3.73. The molecule has 0 aliphatic carbocycles. The van der Waals surface area contributed by atoms with Crippen molar-refractivity contribution >= 4 is 43.8 Å². The van der Waals surface area contributed by atoms with E-state index in [2.05, 4.69) is 37.2 Å². The fourth-order valence-corrected chi connectivity index (χ4v) is 2.93. The van der Waals surface area contributed by atoms with Gasteiger partial charge in [0.15, 0.2) is 0 Å². The van der Waals surface area contributed by atoms with Crippen molar-refractivity contribution in [3.8, 4) is 11.8 Å². The van der Waals surface area contributed by atoms with Gasteiger partial charge in [0.25, 0.3) is 5.91 Å². The minimum absolute atomic E-state index is 0.0465. The lowest BCUT2D eigenvalue weighted by molar-refractivity contribution is -0.117. The van der Waals surface area contributed by atoms with E-state index in [4.69, 9.17) is 9.68 Å². The molecule has 1 aromatic carbocycles. The van der Waals surface area contributed by atoms with Crippen LogP contribution in [0.1, 0.15) is 11.3 Å². The van der Waals surface area contributed by atoms with E-state index in [0.717, 1.165) is 0 Å². The molecule has 0 fully saturated rings. The quantitative estimate of drug-likeness (QED) is 0.577. The lowest BCUT2D eigenvalue weighted by atomic mass is 10.1. The summed E-state index contributed by atoms with van der Waals surface area (Å²) in [6, 6.07) is 8.52. The van der Waals surface area contributed by atoms with Crippen LogP contribution < -0.4 is 5.32 Å². The van der Waals surface area contributed by atoms with Gasteiger partial charge in [-0.15, -0.1) is 0 Å². The van der Waals surface area contributed by atoms with Gasteiger partial charge < -0.3 is 14.8 Å². The molecule has 0 saturated heterocycles. The lowest BCUT2D eigenvalue weighted by Crippen LogP contribution is -2.23. The van der Waals surface area contributed by atoms with Crippen LogP contribution in [0, 0.1) is 11.3 Å². The number of benzene rings is 1. The van der Waals surface area contributed by atoms with Gasteiger partial charge in [-0.05, 0) is 46.3 Å². The smallest absolute Gasteiger partial charge is 0.262 e. The molecule has 7 heteroatoms. The second-order valence-electron chi connectivity index (χ2n) is 4.26. The zero-order chi connectivity index (χ0) is 16.1. The standard InChI is InChI=1S/C15H10Br2N2O3/c16-11-5-9(14(20)13(17)6-11)4-10(7-18)15(21)19-8-12-2-1-3-22-12/h1-6,20H,8H2,(H,19,21)/b10-4-. The van der Waals surface area contributed by atoms with Gasteiger partial charge in [0, 0.05) is 10.0 Å². The number of phenolic OH excluding ortho intramolecular Hbond substituents is 1. The van der Waals surface area contributed by atoms with Gasteiger partial charge >= 0.3 is 0 Å². The van der Waals surface area contributed by atoms with Gasteiger partial charge in [-0.3, -0.25) is 4.79 Å². The SMILES string of the molecule is N#C/C(=C/c1cc(Br)cc(Br)c1O)C(=O)NCc1ccco1. The molecule has 0 radical (unpaired) electrons. The third-order valence-electron chi connectivity index (χ3n) is 2.73. The molecule has 0 saturated carbocycles. The Kier molecular flexibility index (Phi) is 5.41. The normalized spacial score (nSPS) is 11.0. The highest BCUT2D eigenvalue weighted by Crippen LogP contribution is 2.33. The number of phenols is 1. The van der Waals surface area contributed by atoms with Crippen LogP contribution in [0.15, 0.2) is 49.5 Å². The van der Waals surface area contributed by atoms with E-state index >= 15 is 0 Å².